The Morgan fingerprint density at radius 2 is 2.24 bits per heavy atom. The first-order valence-corrected chi connectivity index (χ1v) is 5.99. The Labute approximate surface area is 105 Å². The van der Waals surface area contributed by atoms with E-state index in [1.54, 1.807) is 26.1 Å². The van der Waals surface area contributed by atoms with Crippen LogP contribution in [0.25, 0.3) is 0 Å². The summed E-state index contributed by atoms with van der Waals surface area (Å²) < 4.78 is 0. The van der Waals surface area contributed by atoms with E-state index in [0.29, 0.717) is 4.88 Å². The fourth-order valence-electron chi connectivity index (χ4n) is 1.14. The van der Waals surface area contributed by atoms with Crippen LogP contribution in [0, 0.1) is 11.8 Å². The smallest absolute Gasteiger partial charge is 0.264 e. The molecule has 0 bridgehead atoms. The third-order valence-electron chi connectivity index (χ3n) is 2.35. The zero-order valence-corrected chi connectivity index (χ0v) is 10.6. The minimum atomic E-state index is -0.212. The minimum Gasteiger partial charge on any atom is -0.394 e. The molecule has 1 aromatic heterocycles. The van der Waals surface area contributed by atoms with Gasteiger partial charge in [-0.2, -0.15) is 0 Å². The molecule has 0 saturated carbocycles. The van der Waals surface area contributed by atoms with Gasteiger partial charge in [-0.25, -0.2) is 0 Å². The predicted molar refractivity (Wildman–Crippen MR) is 66.9 cm³/mol. The average Bonchev–Trinajstić information content (AvgIpc) is 2.82. The number of thiophene rings is 1. The largest absolute Gasteiger partial charge is 0.394 e. The molecule has 0 aromatic carbocycles. The molecule has 0 fully saturated rings. The first-order chi connectivity index (χ1) is 8.10. The van der Waals surface area contributed by atoms with Gasteiger partial charge in [0.05, 0.1) is 22.4 Å². The molecule has 1 aromatic rings. The van der Waals surface area contributed by atoms with E-state index in [0.717, 1.165) is 4.88 Å². The number of hydrogen-bond acceptors (Lipinski definition) is 4. The van der Waals surface area contributed by atoms with Gasteiger partial charge >= 0.3 is 0 Å². The molecular formula is C12H15NO3S. The highest BCUT2D eigenvalue weighted by Gasteiger charge is 2.18. The number of rotatable bonds is 3. The fraction of sp³-hybridized carbons (Fsp3) is 0.417. The van der Waals surface area contributed by atoms with E-state index in [4.69, 9.17) is 10.2 Å². The summed E-state index contributed by atoms with van der Waals surface area (Å²) in [6.45, 7) is 1.52. The van der Waals surface area contributed by atoms with Crippen LogP contribution in [0.2, 0.25) is 0 Å². The average molecular weight is 253 g/mol. The highest BCUT2D eigenvalue weighted by Crippen LogP contribution is 2.17. The molecule has 0 spiro atoms. The van der Waals surface area contributed by atoms with Gasteiger partial charge in [-0.1, -0.05) is 11.8 Å². The lowest BCUT2D eigenvalue weighted by atomic mass is 10.3. The summed E-state index contributed by atoms with van der Waals surface area (Å²) in [5.74, 6) is 5.15. The Bertz CT molecular complexity index is 444. The second-order valence-corrected chi connectivity index (χ2v) is 4.66. The van der Waals surface area contributed by atoms with Crippen molar-refractivity contribution in [2.75, 3.05) is 20.3 Å². The van der Waals surface area contributed by atoms with Gasteiger partial charge in [0.2, 0.25) is 0 Å². The van der Waals surface area contributed by atoms with Crippen LogP contribution in [-0.4, -0.2) is 47.3 Å². The van der Waals surface area contributed by atoms with Crippen LogP contribution < -0.4 is 0 Å². The molecule has 1 heterocycles. The molecule has 0 saturated heterocycles. The molecule has 0 aliphatic rings. The number of hydrogen-bond donors (Lipinski definition) is 2. The second-order valence-electron chi connectivity index (χ2n) is 3.57. The van der Waals surface area contributed by atoms with E-state index in [9.17, 15) is 4.79 Å². The van der Waals surface area contributed by atoms with Crippen molar-refractivity contribution in [1.82, 2.24) is 4.90 Å². The molecule has 1 unspecified atom stereocenters. The summed E-state index contributed by atoms with van der Waals surface area (Å²) in [4.78, 5) is 14.8. The quantitative estimate of drug-likeness (QED) is 0.773. The van der Waals surface area contributed by atoms with Crippen molar-refractivity contribution in [2.24, 2.45) is 0 Å². The molecule has 1 rings (SSSR count). The van der Waals surface area contributed by atoms with E-state index in [2.05, 4.69) is 11.8 Å². The van der Waals surface area contributed by atoms with Gasteiger partial charge in [0.15, 0.2) is 0 Å². The lowest BCUT2D eigenvalue weighted by Crippen LogP contribution is -2.36. The summed E-state index contributed by atoms with van der Waals surface area (Å²) in [6, 6.07) is 3.24. The third-order valence-corrected chi connectivity index (χ3v) is 3.34. The standard InChI is InChI=1S/C12H15NO3S/c1-9(8-15)13(2)12(16)11-6-5-10(17-11)4-3-7-14/h5-6,9,14-15H,7-8H2,1-2H3. The summed E-state index contributed by atoms with van der Waals surface area (Å²) in [6.07, 6.45) is 0. The number of aliphatic hydroxyl groups is 2. The van der Waals surface area contributed by atoms with Crippen LogP contribution in [0.4, 0.5) is 0 Å². The molecule has 0 aliphatic heterocycles. The van der Waals surface area contributed by atoms with Gasteiger partial charge in [0.1, 0.15) is 6.61 Å². The van der Waals surface area contributed by atoms with E-state index >= 15 is 0 Å². The van der Waals surface area contributed by atoms with E-state index < -0.39 is 0 Å². The van der Waals surface area contributed by atoms with Crippen molar-refractivity contribution in [1.29, 1.82) is 0 Å². The van der Waals surface area contributed by atoms with Crippen molar-refractivity contribution in [3.63, 3.8) is 0 Å². The maximum atomic E-state index is 12.0. The van der Waals surface area contributed by atoms with Crippen LogP contribution in [0.3, 0.4) is 0 Å². The van der Waals surface area contributed by atoms with Crippen molar-refractivity contribution in [3.8, 4) is 11.8 Å². The SMILES string of the molecule is CC(CO)N(C)C(=O)c1ccc(C#CCO)s1. The molecule has 4 nitrogen and oxygen atoms in total. The monoisotopic (exact) mass is 253 g/mol. The lowest BCUT2D eigenvalue weighted by Gasteiger charge is -2.22. The Balaban J connectivity index is 2.79. The first-order valence-electron chi connectivity index (χ1n) is 5.17. The van der Waals surface area contributed by atoms with Crippen molar-refractivity contribution < 1.29 is 15.0 Å². The topological polar surface area (TPSA) is 60.8 Å². The number of likely N-dealkylation sites (N-methyl/N-ethyl adjacent to an activating group) is 1. The van der Waals surface area contributed by atoms with Crippen molar-refractivity contribution in [3.05, 3.63) is 21.9 Å². The summed E-state index contributed by atoms with van der Waals surface area (Å²) in [7, 11) is 1.65. The number of amides is 1. The molecule has 1 atom stereocenters. The second kappa shape index (κ2) is 6.40. The Kier molecular flexibility index (Phi) is 5.16. The zero-order chi connectivity index (χ0) is 12.8. The molecule has 92 valence electrons. The van der Waals surface area contributed by atoms with Gasteiger partial charge in [0.25, 0.3) is 5.91 Å². The minimum absolute atomic E-state index is 0.0647. The summed E-state index contributed by atoms with van der Waals surface area (Å²) in [5, 5.41) is 17.5. The number of carbonyl (C=O) groups is 1. The van der Waals surface area contributed by atoms with Crippen LogP contribution in [0.5, 0.6) is 0 Å². The summed E-state index contributed by atoms with van der Waals surface area (Å²) in [5.41, 5.74) is 0. The molecule has 17 heavy (non-hydrogen) atoms. The molecular weight excluding hydrogens is 238 g/mol. The normalized spacial score (nSPS) is 11.5. The van der Waals surface area contributed by atoms with E-state index in [1.165, 1.54) is 16.2 Å². The Morgan fingerprint density at radius 3 is 2.82 bits per heavy atom. The molecule has 0 radical (unpaired) electrons. The van der Waals surface area contributed by atoms with Gasteiger partial charge in [-0.3, -0.25) is 4.79 Å². The number of nitrogens with zero attached hydrogens (tertiary/aromatic N) is 1. The summed E-state index contributed by atoms with van der Waals surface area (Å²) >= 11 is 1.28. The van der Waals surface area contributed by atoms with Gasteiger partial charge in [-0.15, -0.1) is 11.3 Å². The first kappa shape index (κ1) is 13.7. The van der Waals surface area contributed by atoms with Gasteiger partial charge < -0.3 is 15.1 Å². The van der Waals surface area contributed by atoms with Crippen LogP contribution in [0.15, 0.2) is 12.1 Å². The third kappa shape index (κ3) is 3.56. The van der Waals surface area contributed by atoms with Crippen molar-refractivity contribution >= 4 is 17.2 Å². The molecule has 2 N–H and O–H groups in total. The maximum Gasteiger partial charge on any atom is 0.264 e. The molecule has 5 heteroatoms. The molecule has 0 aliphatic carbocycles. The maximum absolute atomic E-state index is 12.0. The van der Waals surface area contributed by atoms with Crippen LogP contribution in [0.1, 0.15) is 21.5 Å². The zero-order valence-electron chi connectivity index (χ0n) is 9.80. The Hall–Kier alpha value is -1.35. The van der Waals surface area contributed by atoms with Crippen LogP contribution >= 0.6 is 11.3 Å². The van der Waals surface area contributed by atoms with Gasteiger partial charge in [0, 0.05) is 7.05 Å². The van der Waals surface area contributed by atoms with Crippen molar-refractivity contribution in [2.45, 2.75) is 13.0 Å². The fourth-order valence-corrected chi connectivity index (χ4v) is 2.01. The lowest BCUT2D eigenvalue weighted by molar-refractivity contribution is 0.0687. The number of aliphatic hydroxyl groups excluding tert-OH is 2. The predicted octanol–water partition coefficient (Wildman–Crippen LogP) is 0.545. The number of carbonyl (C=O) groups excluding carboxylic acids is 1. The van der Waals surface area contributed by atoms with E-state index in [-0.39, 0.29) is 25.2 Å². The van der Waals surface area contributed by atoms with Crippen LogP contribution in [-0.2, 0) is 0 Å². The van der Waals surface area contributed by atoms with E-state index in [1.807, 2.05) is 0 Å². The van der Waals surface area contributed by atoms with Gasteiger partial charge in [-0.05, 0) is 19.1 Å². The molecule has 1 amide bonds. The Morgan fingerprint density at radius 1 is 1.53 bits per heavy atom. The highest BCUT2D eigenvalue weighted by atomic mass is 32.1. The highest BCUT2D eigenvalue weighted by molar-refractivity contribution is 7.14.